The molecule has 0 fully saturated rings. The van der Waals surface area contributed by atoms with E-state index in [0.717, 1.165) is 16.6 Å². The monoisotopic (exact) mass is 259 g/mol. The lowest BCUT2D eigenvalue weighted by Gasteiger charge is -2.03. The quantitative estimate of drug-likeness (QED) is 0.896. The molecule has 1 aromatic heterocycles. The number of hydrogen-bond donors (Lipinski definition) is 1. The number of aromatic nitrogens is 1. The van der Waals surface area contributed by atoms with Crippen LogP contribution in [0, 0.1) is 11.3 Å². The van der Waals surface area contributed by atoms with E-state index in [-0.39, 0.29) is 0 Å². The fourth-order valence-electron chi connectivity index (χ4n) is 1.42. The van der Waals surface area contributed by atoms with Crippen LogP contribution in [0.5, 0.6) is 5.75 Å². The van der Waals surface area contributed by atoms with Crippen LogP contribution < -0.4 is 10.1 Å². The van der Waals surface area contributed by atoms with Gasteiger partial charge in [-0.1, -0.05) is 17.4 Å². The Labute approximate surface area is 110 Å². The molecule has 0 aliphatic rings. The van der Waals surface area contributed by atoms with Crippen molar-refractivity contribution in [3.05, 3.63) is 40.9 Å². The largest absolute Gasteiger partial charge is 0.488 e. The van der Waals surface area contributed by atoms with Crippen molar-refractivity contribution in [2.45, 2.75) is 13.5 Å². The van der Waals surface area contributed by atoms with Crippen LogP contribution in [0.4, 0.5) is 5.13 Å². The molecule has 0 radical (unpaired) electrons. The Bertz CT molecular complexity index is 559. The SMILES string of the molecule is CCNc1ncc(COc2cccc(C#N)c2)s1. The first-order valence-electron chi connectivity index (χ1n) is 5.63. The van der Waals surface area contributed by atoms with Crippen LogP contribution in [0.2, 0.25) is 0 Å². The minimum absolute atomic E-state index is 0.470. The molecular formula is C13H13N3OS. The minimum atomic E-state index is 0.470. The van der Waals surface area contributed by atoms with Crippen LogP contribution in [0.1, 0.15) is 17.4 Å². The molecule has 0 unspecified atom stereocenters. The molecule has 1 aromatic carbocycles. The van der Waals surface area contributed by atoms with Gasteiger partial charge in [0.15, 0.2) is 5.13 Å². The van der Waals surface area contributed by atoms with E-state index in [1.165, 1.54) is 0 Å². The number of nitrogens with one attached hydrogen (secondary N) is 1. The Morgan fingerprint density at radius 1 is 1.50 bits per heavy atom. The molecule has 5 heteroatoms. The van der Waals surface area contributed by atoms with Crippen molar-refractivity contribution in [2.24, 2.45) is 0 Å². The van der Waals surface area contributed by atoms with Crippen LogP contribution in [0.15, 0.2) is 30.5 Å². The molecule has 18 heavy (non-hydrogen) atoms. The fraction of sp³-hybridized carbons (Fsp3) is 0.231. The van der Waals surface area contributed by atoms with Crippen LogP contribution in [0.25, 0.3) is 0 Å². The molecule has 1 N–H and O–H groups in total. The standard InChI is InChI=1S/C13H13N3OS/c1-2-15-13-16-8-12(18-13)9-17-11-5-3-4-10(6-11)7-14/h3-6,8H,2,9H2,1H3,(H,15,16). The Balaban J connectivity index is 1.96. The average Bonchev–Trinajstić information content (AvgIpc) is 2.85. The number of hydrogen-bond acceptors (Lipinski definition) is 5. The number of ether oxygens (including phenoxy) is 1. The zero-order valence-electron chi connectivity index (χ0n) is 10.0. The molecule has 92 valence electrons. The smallest absolute Gasteiger partial charge is 0.182 e. The van der Waals surface area contributed by atoms with Crippen molar-refractivity contribution in [1.82, 2.24) is 4.98 Å². The second kappa shape index (κ2) is 6.03. The maximum Gasteiger partial charge on any atom is 0.182 e. The summed E-state index contributed by atoms with van der Waals surface area (Å²) in [5, 5.41) is 12.8. The first kappa shape index (κ1) is 12.4. The van der Waals surface area contributed by atoms with E-state index < -0.39 is 0 Å². The van der Waals surface area contributed by atoms with Gasteiger partial charge in [-0.15, -0.1) is 0 Å². The summed E-state index contributed by atoms with van der Waals surface area (Å²) in [7, 11) is 0. The molecule has 2 rings (SSSR count). The lowest BCUT2D eigenvalue weighted by Crippen LogP contribution is -1.94. The van der Waals surface area contributed by atoms with Crippen molar-refractivity contribution in [3.63, 3.8) is 0 Å². The third kappa shape index (κ3) is 3.22. The first-order chi connectivity index (χ1) is 8.81. The molecule has 0 spiro atoms. The predicted octanol–water partition coefficient (Wildman–Crippen LogP) is 3.03. The summed E-state index contributed by atoms with van der Waals surface area (Å²) in [5.74, 6) is 0.701. The van der Waals surface area contributed by atoms with Gasteiger partial charge in [-0.25, -0.2) is 4.98 Å². The summed E-state index contributed by atoms with van der Waals surface area (Å²) in [6.45, 7) is 3.36. The summed E-state index contributed by atoms with van der Waals surface area (Å²) in [5.41, 5.74) is 0.602. The second-order valence-corrected chi connectivity index (χ2v) is 4.71. The summed E-state index contributed by atoms with van der Waals surface area (Å²) >= 11 is 1.57. The Hall–Kier alpha value is -2.06. The van der Waals surface area contributed by atoms with E-state index in [9.17, 15) is 0 Å². The van der Waals surface area contributed by atoms with Gasteiger partial charge in [0, 0.05) is 12.7 Å². The van der Waals surface area contributed by atoms with Gasteiger partial charge in [0.25, 0.3) is 0 Å². The average molecular weight is 259 g/mol. The zero-order chi connectivity index (χ0) is 12.8. The van der Waals surface area contributed by atoms with Crippen LogP contribution >= 0.6 is 11.3 Å². The molecule has 0 bridgehead atoms. The highest BCUT2D eigenvalue weighted by atomic mass is 32.1. The van der Waals surface area contributed by atoms with E-state index in [1.807, 2.05) is 19.1 Å². The van der Waals surface area contributed by atoms with Gasteiger partial charge in [0.1, 0.15) is 12.4 Å². The van der Waals surface area contributed by atoms with Crippen molar-refractivity contribution in [2.75, 3.05) is 11.9 Å². The number of nitriles is 1. The molecule has 2 aromatic rings. The number of benzene rings is 1. The third-order valence-corrected chi connectivity index (χ3v) is 3.15. The Morgan fingerprint density at radius 3 is 3.17 bits per heavy atom. The molecule has 4 nitrogen and oxygen atoms in total. The molecule has 1 heterocycles. The Morgan fingerprint density at radius 2 is 2.39 bits per heavy atom. The number of anilines is 1. The highest BCUT2D eigenvalue weighted by Crippen LogP contribution is 2.20. The lowest BCUT2D eigenvalue weighted by molar-refractivity contribution is 0.309. The van der Waals surface area contributed by atoms with E-state index >= 15 is 0 Å². The molecular weight excluding hydrogens is 246 g/mol. The van der Waals surface area contributed by atoms with Crippen molar-refractivity contribution >= 4 is 16.5 Å². The van der Waals surface area contributed by atoms with Gasteiger partial charge < -0.3 is 10.1 Å². The maximum atomic E-state index is 8.79. The van der Waals surface area contributed by atoms with Gasteiger partial charge in [-0.2, -0.15) is 5.26 Å². The lowest BCUT2D eigenvalue weighted by atomic mass is 10.2. The van der Waals surface area contributed by atoms with Crippen LogP contribution in [-0.4, -0.2) is 11.5 Å². The van der Waals surface area contributed by atoms with Crippen molar-refractivity contribution in [3.8, 4) is 11.8 Å². The van der Waals surface area contributed by atoms with Crippen LogP contribution in [0.3, 0.4) is 0 Å². The van der Waals surface area contributed by atoms with E-state index in [4.69, 9.17) is 10.00 Å². The van der Waals surface area contributed by atoms with Gasteiger partial charge in [0.05, 0.1) is 16.5 Å². The highest BCUT2D eigenvalue weighted by molar-refractivity contribution is 7.15. The van der Waals surface area contributed by atoms with E-state index in [1.54, 1.807) is 29.7 Å². The fourth-order valence-corrected chi connectivity index (χ4v) is 2.21. The molecule has 0 saturated carbocycles. The topological polar surface area (TPSA) is 57.9 Å². The van der Waals surface area contributed by atoms with Gasteiger partial charge in [-0.3, -0.25) is 0 Å². The van der Waals surface area contributed by atoms with Crippen LogP contribution in [-0.2, 0) is 6.61 Å². The van der Waals surface area contributed by atoms with Crippen molar-refractivity contribution in [1.29, 1.82) is 5.26 Å². The van der Waals surface area contributed by atoms with Crippen molar-refractivity contribution < 1.29 is 4.74 Å². The molecule has 0 saturated heterocycles. The molecule has 0 aliphatic carbocycles. The van der Waals surface area contributed by atoms with E-state index in [0.29, 0.717) is 17.9 Å². The molecule has 0 amide bonds. The molecule has 0 aliphatic heterocycles. The summed E-state index contributed by atoms with van der Waals surface area (Å²) < 4.78 is 5.62. The summed E-state index contributed by atoms with van der Waals surface area (Å²) in [6.07, 6.45) is 1.80. The number of nitrogens with zero attached hydrogens (tertiary/aromatic N) is 2. The maximum absolute atomic E-state index is 8.79. The Kier molecular flexibility index (Phi) is 4.15. The predicted molar refractivity (Wildman–Crippen MR) is 71.8 cm³/mol. The normalized spacial score (nSPS) is 9.78. The third-order valence-electron chi connectivity index (χ3n) is 2.23. The molecule has 0 atom stereocenters. The number of thiazole rings is 1. The highest BCUT2D eigenvalue weighted by Gasteiger charge is 2.02. The van der Waals surface area contributed by atoms with Gasteiger partial charge in [0.2, 0.25) is 0 Å². The summed E-state index contributed by atoms with van der Waals surface area (Å²) in [6, 6.07) is 9.22. The van der Waals surface area contributed by atoms with E-state index in [2.05, 4.69) is 16.4 Å². The zero-order valence-corrected chi connectivity index (χ0v) is 10.8. The minimum Gasteiger partial charge on any atom is -0.488 e. The van der Waals surface area contributed by atoms with Gasteiger partial charge in [-0.05, 0) is 25.1 Å². The second-order valence-electron chi connectivity index (χ2n) is 3.59. The number of rotatable bonds is 5. The first-order valence-corrected chi connectivity index (χ1v) is 6.45. The van der Waals surface area contributed by atoms with Gasteiger partial charge >= 0.3 is 0 Å². The summed E-state index contributed by atoms with van der Waals surface area (Å²) in [4.78, 5) is 5.28.